The number of anilines is 1. The minimum atomic E-state index is -0.462. The fourth-order valence-corrected chi connectivity index (χ4v) is 1.64. The Labute approximate surface area is 106 Å². The van der Waals surface area contributed by atoms with Crippen LogP contribution in [0, 0.1) is 5.82 Å². The molecule has 0 aromatic heterocycles. The Hall–Kier alpha value is -1.62. The minimum Gasteiger partial charge on any atom is -0.393 e. The van der Waals surface area contributed by atoms with Crippen LogP contribution in [0.15, 0.2) is 18.2 Å². The Kier molecular flexibility index (Phi) is 5.09. The van der Waals surface area contributed by atoms with Gasteiger partial charge < -0.3 is 15.3 Å². The van der Waals surface area contributed by atoms with Crippen molar-refractivity contribution in [1.29, 1.82) is 0 Å². The summed E-state index contributed by atoms with van der Waals surface area (Å²) < 4.78 is 13.5. The van der Waals surface area contributed by atoms with E-state index in [0.717, 1.165) is 0 Å². The molecule has 0 heterocycles. The van der Waals surface area contributed by atoms with Gasteiger partial charge in [0, 0.05) is 20.6 Å². The molecule has 0 radical (unpaired) electrons. The highest BCUT2D eigenvalue weighted by Gasteiger charge is 2.17. The molecule has 1 aromatic rings. The van der Waals surface area contributed by atoms with Crippen LogP contribution in [0.5, 0.6) is 0 Å². The summed E-state index contributed by atoms with van der Waals surface area (Å²) in [6.45, 7) is 2.09. The molecule has 0 aliphatic heterocycles. The Morgan fingerprint density at radius 3 is 2.78 bits per heavy atom. The number of aliphatic hydroxyl groups is 1. The first-order chi connectivity index (χ1) is 8.47. The van der Waals surface area contributed by atoms with Gasteiger partial charge in [-0.15, -0.1) is 0 Å². The summed E-state index contributed by atoms with van der Waals surface area (Å²) in [4.78, 5) is 13.6. The molecule has 1 aromatic carbocycles. The van der Waals surface area contributed by atoms with Crippen molar-refractivity contribution in [1.82, 2.24) is 4.90 Å². The molecule has 0 fully saturated rings. The molecule has 0 spiro atoms. The topological polar surface area (TPSA) is 52.6 Å². The summed E-state index contributed by atoms with van der Waals surface area (Å²) in [6, 6.07) is 4.39. The standard InChI is InChI=1S/C13H19FN2O2/c1-9(17)7-8-16(3)13(18)10-5-4-6-11(14)12(10)15-2/h4-6,9,15,17H,7-8H2,1-3H3. The molecule has 4 nitrogen and oxygen atoms in total. The third-order valence-corrected chi connectivity index (χ3v) is 2.72. The van der Waals surface area contributed by atoms with E-state index in [-0.39, 0.29) is 11.6 Å². The predicted molar refractivity (Wildman–Crippen MR) is 69.2 cm³/mol. The first-order valence-corrected chi connectivity index (χ1v) is 5.87. The molecule has 5 heteroatoms. The van der Waals surface area contributed by atoms with E-state index >= 15 is 0 Å². The number of hydrogen-bond donors (Lipinski definition) is 2. The van der Waals surface area contributed by atoms with Crippen LogP contribution in [-0.2, 0) is 0 Å². The molecule has 100 valence electrons. The lowest BCUT2D eigenvalue weighted by Crippen LogP contribution is -2.30. The van der Waals surface area contributed by atoms with Gasteiger partial charge >= 0.3 is 0 Å². The van der Waals surface area contributed by atoms with Crippen LogP contribution in [0.2, 0.25) is 0 Å². The van der Waals surface area contributed by atoms with Crippen LogP contribution in [0.25, 0.3) is 0 Å². The van der Waals surface area contributed by atoms with Crippen LogP contribution in [0.4, 0.5) is 10.1 Å². The summed E-state index contributed by atoms with van der Waals surface area (Å²) >= 11 is 0. The van der Waals surface area contributed by atoms with Gasteiger partial charge in [0.05, 0.1) is 17.4 Å². The highest BCUT2D eigenvalue weighted by molar-refractivity contribution is 5.99. The maximum Gasteiger partial charge on any atom is 0.255 e. The van der Waals surface area contributed by atoms with Gasteiger partial charge in [-0.1, -0.05) is 6.07 Å². The van der Waals surface area contributed by atoms with Gasteiger partial charge in [-0.05, 0) is 25.5 Å². The van der Waals surface area contributed by atoms with Crippen LogP contribution >= 0.6 is 0 Å². The third-order valence-electron chi connectivity index (χ3n) is 2.72. The zero-order valence-corrected chi connectivity index (χ0v) is 10.9. The average Bonchev–Trinajstić information content (AvgIpc) is 2.34. The maximum atomic E-state index is 13.5. The van der Waals surface area contributed by atoms with E-state index in [1.54, 1.807) is 27.1 Å². The lowest BCUT2D eigenvalue weighted by Gasteiger charge is -2.19. The van der Waals surface area contributed by atoms with Gasteiger partial charge in [0.1, 0.15) is 5.82 Å². The zero-order chi connectivity index (χ0) is 13.7. The summed E-state index contributed by atoms with van der Waals surface area (Å²) in [7, 11) is 3.21. The number of nitrogens with one attached hydrogen (secondary N) is 1. The summed E-state index contributed by atoms with van der Waals surface area (Å²) in [6.07, 6.45) is 0.0310. The SMILES string of the molecule is CNc1c(F)cccc1C(=O)N(C)CCC(C)O. The molecule has 0 aliphatic rings. The van der Waals surface area contributed by atoms with E-state index in [9.17, 15) is 14.3 Å². The molecule has 0 aliphatic carbocycles. The molecule has 1 amide bonds. The second kappa shape index (κ2) is 6.35. The second-order valence-corrected chi connectivity index (χ2v) is 4.28. The predicted octanol–water partition coefficient (Wildman–Crippen LogP) is 1.71. The highest BCUT2D eigenvalue weighted by atomic mass is 19.1. The Balaban J connectivity index is 2.86. The summed E-state index contributed by atoms with van der Waals surface area (Å²) in [5.41, 5.74) is 0.497. The number of nitrogens with zero attached hydrogens (tertiary/aromatic N) is 1. The van der Waals surface area contributed by atoms with E-state index in [1.807, 2.05) is 0 Å². The van der Waals surface area contributed by atoms with Gasteiger partial charge in [-0.25, -0.2) is 4.39 Å². The maximum absolute atomic E-state index is 13.5. The van der Waals surface area contributed by atoms with Crippen LogP contribution in [0.1, 0.15) is 23.7 Å². The number of rotatable bonds is 5. The number of para-hydroxylation sites is 1. The molecule has 2 N–H and O–H groups in total. The quantitative estimate of drug-likeness (QED) is 0.841. The first kappa shape index (κ1) is 14.4. The number of halogens is 1. The number of carbonyl (C=O) groups excluding carboxylic acids is 1. The molecule has 0 saturated heterocycles. The van der Waals surface area contributed by atoms with E-state index < -0.39 is 11.9 Å². The minimum absolute atomic E-state index is 0.200. The van der Waals surface area contributed by atoms with Gasteiger partial charge in [0.15, 0.2) is 0 Å². The molecule has 1 unspecified atom stereocenters. The number of hydrogen-bond acceptors (Lipinski definition) is 3. The molecule has 1 atom stereocenters. The van der Waals surface area contributed by atoms with E-state index in [0.29, 0.717) is 18.5 Å². The van der Waals surface area contributed by atoms with Crippen molar-refractivity contribution in [3.63, 3.8) is 0 Å². The number of carbonyl (C=O) groups is 1. The highest BCUT2D eigenvalue weighted by Crippen LogP contribution is 2.20. The Bertz CT molecular complexity index is 421. The fourth-order valence-electron chi connectivity index (χ4n) is 1.64. The lowest BCUT2D eigenvalue weighted by atomic mass is 10.1. The van der Waals surface area contributed by atoms with Crippen molar-refractivity contribution >= 4 is 11.6 Å². The van der Waals surface area contributed by atoms with Gasteiger partial charge in [0.25, 0.3) is 5.91 Å². The molecule has 0 bridgehead atoms. The number of amides is 1. The van der Waals surface area contributed by atoms with Crippen molar-refractivity contribution in [2.75, 3.05) is 26.0 Å². The zero-order valence-electron chi connectivity index (χ0n) is 10.9. The van der Waals surface area contributed by atoms with Crippen LogP contribution in [-0.4, -0.2) is 42.7 Å². The molecular weight excluding hydrogens is 235 g/mol. The van der Waals surface area contributed by atoms with E-state index in [4.69, 9.17) is 0 Å². The summed E-state index contributed by atoms with van der Waals surface area (Å²) in [5.74, 6) is -0.716. The van der Waals surface area contributed by atoms with Gasteiger partial charge in [-0.3, -0.25) is 4.79 Å². The van der Waals surface area contributed by atoms with Crippen molar-refractivity contribution in [3.8, 4) is 0 Å². The van der Waals surface area contributed by atoms with Gasteiger partial charge in [0.2, 0.25) is 0 Å². The van der Waals surface area contributed by atoms with Gasteiger partial charge in [-0.2, -0.15) is 0 Å². The van der Waals surface area contributed by atoms with Crippen molar-refractivity contribution in [2.24, 2.45) is 0 Å². The largest absolute Gasteiger partial charge is 0.393 e. The van der Waals surface area contributed by atoms with Crippen LogP contribution < -0.4 is 5.32 Å². The molecule has 1 rings (SSSR count). The summed E-state index contributed by atoms with van der Waals surface area (Å²) in [5, 5.41) is 11.9. The van der Waals surface area contributed by atoms with Crippen LogP contribution in [0.3, 0.4) is 0 Å². The molecular formula is C13H19FN2O2. The fraction of sp³-hybridized carbons (Fsp3) is 0.462. The second-order valence-electron chi connectivity index (χ2n) is 4.28. The lowest BCUT2D eigenvalue weighted by molar-refractivity contribution is 0.0769. The van der Waals surface area contributed by atoms with Crippen molar-refractivity contribution < 1.29 is 14.3 Å². The Morgan fingerprint density at radius 2 is 2.22 bits per heavy atom. The number of benzene rings is 1. The smallest absolute Gasteiger partial charge is 0.255 e. The molecule has 0 saturated carbocycles. The van der Waals surface area contributed by atoms with E-state index in [2.05, 4.69) is 5.32 Å². The molecule has 18 heavy (non-hydrogen) atoms. The monoisotopic (exact) mass is 254 g/mol. The normalized spacial score (nSPS) is 12.1. The Morgan fingerprint density at radius 1 is 1.56 bits per heavy atom. The first-order valence-electron chi connectivity index (χ1n) is 5.87. The van der Waals surface area contributed by atoms with Crippen molar-refractivity contribution in [2.45, 2.75) is 19.4 Å². The van der Waals surface area contributed by atoms with E-state index in [1.165, 1.54) is 17.0 Å². The third kappa shape index (κ3) is 3.43. The number of aliphatic hydroxyl groups excluding tert-OH is 1. The average molecular weight is 254 g/mol. The van der Waals surface area contributed by atoms with Crippen molar-refractivity contribution in [3.05, 3.63) is 29.6 Å².